The van der Waals surface area contributed by atoms with E-state index in [4.69, 9.17) is 0 Å². The average Bonchev–Trinajstić information content (AvgIpc) is 2.64. The van der Waals surface area contributed by atoms with E-state index in [0.29, 0.717) is 12.6 Å². The van der Waals surface area contributed by atoms with Gasteiger partial charge in [-0.15, -0.1) is 0 Å². The number of amides is 1. The highest BCUT2D eigenvalue weighted by molar-refractivity contribution is 5.94. The second kappa shape index (κ2) is 8.67. The molecule has 0 atom stereocenters. The number of anilines is 1. The molecule has 3 rings (SSSR count). The van der Waals surface area contributed by atoms with Crippen molar-refractivity contribution in [3.8, 4) is 0 Å². The summed E-state index contributed by atoms with van der Waals surface area (Å²) >= 11 is 0. The predicted octanol–water partition coefficient (Wildman–Crippen LogP) is 2.71. The zero-order valence-corrected chi connectivity index (χ0v) is 16.0. The lowest BCUT2D eigenvalue weighted by Crippen LogP contribution is -2.50. The Balaban J connectivity index is 1.42. The van der Waals surface area contributed by atoms with Crippen LogP contribution in [0.4, 0.5) is 5.69 Å². The maximum atomic E-state index is 12.3. The van der Waals surface area contributed by atoms with Crippen LogP contribution in [-0.4, -0.2) is 55.4 Å². The minimum absolute atomic E-state index is 0.0970. The van der Waals surface area contributed by atoms with E-state index in [9.17, 15) is 9.59 Å². The van der Waals surface area contributed by atoms with Crippen LogP contribution in [0.3, 0.4) is 0 Å². The lowest BCUT2D eigenvalue weighted by molar-refractivity contribution is -0.123. The number of nitrogens with one attached hydrogen (secondary N) is 1. The molecule has 1 aliphatic carbocycles. The number of ketones is 1. The molecule has 2 fully saturated rings. The summed E-state index contributed by atoms with van der Waals surface area (Å²) in [6.07, 6.45) is 4.70. The van der Waals surface area contributed by atoms with Crippen molar-refractivity contribution in [2.45, 2.75) is 45.6 Å². The van der Waals surface area contributed by atoms with Crippen molar-refractivity contribution in [2.24, 2.45) is 5.92 Å². The molecule has 0 spiro atoms. The van der Waals surface area contributed by atoms with Crippen LogP contribution in [0.2, 0.25) is 0 Å². The van der Waals surface area contributed by atoms with Gasteiger partial charge in [-0.3, -0.25) is 14.5 Å². The summed E-state index contributed by atoms with van der Waals surface area (Å²) in [7, 11) is 0. The summed E-state index contributed by atoms with van der Waals surface area (Å²) in [4.78, 5) is 28.3. The largest absolute Gasteiger partial charge is 0.369 e. The molecule has 1 saturated carbocycles. The zero-order valence-electron chi connectivity index (χ0n) is 16.0. The lowest BCUT2D eigenvalue weighted by atomic mass is 9.87. The molecule has 1 aromatic rings. The first kappa shape index (κ1) is 18.9. The predicted molar refractivity (Wildman–Crippen MR) is 105 cm³/mol. The molecule has 2 aliphatic rings. The maximum absolute atomic E-state index is 12.3. The van der Waals surface area contributed by atoms with Gasteiger partial charge >= 0.3 is 0 Å². The lowest BCUT2D eigenvalue weighted by Gasteiger charge is -2.36. The number of hydrogen-bond acceptors (Lipinski definition) is 4. The summed E-state index contributed by atoms with van der Waals surface area (Å²) in [5, 5.41) is 3.22. The van der Waals surface area contributed by atoms with Crippen LogP contribution in [0.15, 0.2) is 24.3 Å². The van der Waals surface area contributed by atoms with Gasteiger partial charge in [0.2, 0.25) is 5.91 Å². The molecule has 142 valence electrons. The van der Waals surface area contributed by atoms with Crippen molar-refractivity contribution in [3.63, 3.8) is 0 Å². The van der Waals surface area contributed by atoms with Gasteiger partial charge < -0.3 is 10.2 Å². The Bertz CT molecular complexity index is 613. The van der Waals surface area contributed by atoms with Gasteiger partial charge in [-0.2, -0.15) is 0 Å². The van der Waals surface area contributed by atoms with Crippen LogP contribution in [0.1, 0.15) is 49.9 Å². The third kappa shape index (κ3) is 5.07. The third-order valence-electron chi connectivity index (χ3n) is 5.76. The molecule has 5 heteroatoms. The van der Waals surface area contributed by atoms with Gasteiger partial charge in [0.15, 0.2) is 5.78 Å². The van der Waals surface area contributed by atoms with Gasteiger partial charge in [0.05, 0.1) is 6.54 Å². The number of rotatable bonds is 5. The van der Waals surface area contributed by atoms with Crippen LogP contribution in [-0.2, 0) is 4.79 Å². The molecular formula is C21H31N3O2. The molecule has 5 nitrogen and oxygen atoms in total. The van der Waals surface area contributed by atoms with Gasteiger partial charge in [-0.25, -0.2) is 0 Å². The first-order valence-corrected chi connectivity index (χ1v) is 9.89. The van der Waals surface area contributed by atoms with Gasteiger partial charge in [0.25, 0.3) is 0 Å². The number of piperazine rings is 1. The molecule has 1 amide bonds. The molecule has 1 heterocycles. The molecular weight excluding hydrogens is 326 g/mol. The van der Waals surface area contributed by atoms with Crippen molar-refractivity contribution in [3.05, 3.63) is 29.8 Å². The summed E-state index contributed by atoms with van der Waals surface area (Å²) in [6.45, 7) is 8.00. The standard InChI is InChI=1S/C21H31N3O2/c1-16-3-7-19(8-4-16)22-21(26)15-23-11-13-24(14-12-23)20-9-5-18(6-10-20)17(2)25/h5-6,9-10,16,19H,3-4,7-8,11-15H2,1-2H3,(H,22,26). The quantitative estimate of drug-likeness (QED) is 0.823. The molecule has 0 unspecified atom stereocenters. The van der Waals surface area contributed by atoms with E-state index >= 15 is 0 Å². The Morgan fingerprint density at radius 2 is 1.62 bits per heavy atom. The van der Waals surface area contributed by atoms with E-state index in [2.05, 4.69) is 22.0 Å². The van der Waals surface area contributed by atoms with E-state index in [1.165, 1.54) is 12.8 Å². The van der Waals surface area contributed by atoms with Gasteiger partial charge in [-0.1, -0.05) is 6.92 Å². The highest BCUT2D eigenvalue weighted by atomic mass is 16.2. The molecule has 1 aliphatic heterocycles. The second-order valence-corrected chi connectivity index (χ2v) is 7.89. The number of carbonyl (C=O) groups excluding carboxylic acids is 2. The molecule has 0 bridgehead atoms. The summed E-state index contributed by atoms with van der Waals surface area (Å²) in [5.41, 5.74) is 1.90. The topological polar surface area (TPSA) is 52.7 Å². The molecule has 0 aromatic heterocycles. The SMILES string of the molecule is CC(=O)c1ccc(N2CCN(CC(=O)NC3CCC(C)CC3)CC2)cc1. The molecule has 1 saturated heterocycles. The van der Waals surface area contributed by atoms with Crippen molar-refractivity contribution in [2.75, 3.05) is 37.6 Å². The summed E-state index contributed by atoms with van der Waals surface area (Å²) in [6, 6.07) is 8.19. The fourth-order valence-electron chi connectivity index (χ4n) is 3.95. The first-order valence-electron chi connectivity index (χ1n) is 9.89. The summed E-state index contributed by atoms with van der Waals surface area (Å²) < 4.78 is 0. The van der Waals surface area contributed by atoms with Gasteiger partial charge in [-0.05, 0) is 62.8 Å². The molecule has 1 N–H and O–H groups in total. The van der Waals surface area contributed by atoms with E-state index < -0.39 is 0 Å². The Morgan fingerprint density at radius 3 is 2.19 bits per heavy atom. The zero-order chi connectivity index (χ0) is 18.5. The number of benzene rings is 1. The third-order valence-corrected chi connectivity index (χ3v) is 5.76. The number of nitrogens with zero attached hydrogens (tertiary/aromatic N) is 2. The fraction of sp³-hybridized carbons (Fsp3) is 0.619. The van der Waals surface area contributed by atoms with E-state index in [-0.39, 0.29) is 11.7 Å². The van der Waals surface area contributed by atoms with Crippen molar-refractivity contribution < 1.29 is 9.59 Å². The van der Waals surface area contributed by atoms with Crippen LogP contribution < -0.4 is 10.2 Å². The van der Waals surface area contributed by atoms with Gasteiger partial charge in [0, 0.05) is 43.5 Å². The smallest absolute Gasteiger partial charge is 0.234 e. The minimum atomic E-state index is 0.0970. The Kier molecular flexibility index (Phi) is 6.30. The second-order valence-electron chi connectivity index (χ2n) is 7.89. The monoisotopic (exact) mass is 357 g/mol. The first-order chi connectivity index (χ1) is 12.5. The minimum Gasteiger partial charge on any atom is -0.369 e. The van der Waals surface area contributed by atoms with Crippen LogP contribution in [0, 0.1) is 5.92 Å². The fourth-order valence-corrected chi connectivity index (χ4v) is 3.95. The maximum Gasteiger partial charge on any atom is 0.234 e. The Hall–Kier alpha value is -1.88. The average molecular weight is 357 g/mol. The summed E-state index contributed by atoms with van der Waals surface area (Å²) in [5.74, 6) is 1.07. The Labute approximate surface area is 156 Å². The van der Waals surface area contributed by atoms with Crippen molar-refractivity contribution in [1.82, 2.24) is 10.2 Å². The van der Waals surface area contributed by atoms with Gasteiger partial charge in [0.1, 0.15) is 0 Å². The molecule has 1 aromatic carbocycles. The highest BCUT2D eigenvalue weighted by Gasteiger charge is 2.23. The van der Waals surface area contributed by atoms with Crippen LogP contribution in [0.5, 0.6) is 0 Å². The number of hydrogen-bond donors (Lipinski definition) is 1. The van der Waals surface area contributed by atoms with E-state index in [1.54, 1.807) is 6.92 Å². The van der Waals surface area contributed by atoms with Crippen molar-refractivity contribution >= 4 is 17.4 Å². The number of Topliss-reactive ketones (excluding diaryl/α,β-unsaturated/α-hetero) is 1. The number of carbonyl (C=O) groups is 2. The molecule has 0 radical (unpaired) electrons. The normalized spacial score (nSPS) is 24.3. The van der Waals surface area contributed by atoms with Crippen LogP contribution in [0.25, 0.3) is 0 Å². The Morgan fingerprint density at radius 1 is 1.00 bits per heavy atom. The van der Waals surface area contributed by atoms with Crippen LogP contribution >= 0.6 is 0 Å². The van der Waals surface area contributed by atoms with E-state index in [0.717, 1.165) is 56.2 Å². The van der Waals surface area contributed by atoms with E-state index in [1.807, 2.05) is 24.3 Å². The highest BCUT2D eigenvalue weighted by Crippen LogP contribution is 2.23. The molecule has 26 heavy (non-hydrogen) atoms. The van der Waals surface area contributed by atoms with Crippen molar-refractivity contribution in [1.29, 1.82) is 0 Å².